The molecule has 2 aliphatic rings. The van der Waals surface area contributed by atoms with Crippen LogP contribution in [-0.2, 0) is 4.79 Å². The van der Waals surface area contributed by atoms with E-state index in [2.05, 4.69) is 23.8 Å². The zero-order valence-electron chi connectivity index (χ0n) is 16.7. The van der Waals surface area contributed by atoms with Crippen LogP contribution in [0.25, 0.3) is 5.70 Å². The highest BCUT2D eigenvalue weighted by molar-refractivity contribution is 6.02. The molecular formula is C22H29N3O3. The summed E-state index contributed by atoms with van der Waals surface area (Å²) in [6.07, 6.45) is 13.8. The number of hydrogen-bond acceptors (Lipinski definition) is 3. The smallest absolute Gasteiger partial charge is 0.341 e. The average molecular weight is 383 g/mol. The highest BCUT2D eigenvalue weighted by Crippen LogP contribution is 2.32. The molecule has 28 heavy (non-hydrogen) atoms. The average Bonchev–Trinajstić information content (AvgIpc) is 2.90. The number of carbonyl (C=O) groups excluding carboxylic acids is 1. The van der Waals surface area contributed by atoms with Gasteiger partial charge < -0.3 is 5.11 Å². The molecule has 2 aliphatic carbocycles. The van der Waals surface area contributed by atoms with E-state index in [1.165, 1.54) is 11.8 Å². The number of amides is 1. The van der Waals surface area contributed by atoms with Crippen molar-refractivity contribution in [3.05, 3.63) is 42.1 Å². The molecule has 0 aromatic carbocycles. The molecule has 1 heterocycles. The van der Waals surface area contributed by atoms with Gasteiger partial charge in [-0.3, -0.25) is 9.69 Å². The number of aromatic nitrogens is 2. The Labute approximate surface area is 166 Å². The Morgan fingerprint density at radius 2 is 2.00 bits per heavy atom. The van der Waals surface area contributed by atoms with Crippen molar-refractivity contribution < 1.29 is 14.7 Å². The maximum atomic E-state index is 13.3. The molecule has 0 unspecified atom stereocenters. The molecule has 150 valence electrons. The fourth-order valence-corrected chi connectivity index (χ4v) is 3.83. The van der Waals surface area contributed by atoms with Gasteiger partial charge in [-0.1, -0.05) is 24.3 Å². The molecule has 6 nitrogen and oxygen atoms in total. The molecule has 1 fully saturated rings. The van der Waals surface area contributed by atoms with Gasteiger partial charge in [-0.15, -0.1) is 5.10 Å². The first-order valence-electron chi connectivity index (χ1n) is 10.1. The van der Waals surface area contributed by atoms with E-state index in [0.717, 1.165) is 50.6 Å². The van der Waals surface area contributed by atoms with E-state index < -0.39 is 5.97 Å². The van der Waals surface area contributed by atoms with Crippen molar-refractivity contribution in [3.8, 4) is 0 Å². The molecule has 0 radical (unpaired) electrons. The molecule has 1 N–H and O–H groups in total. The minimum absolute atomic E-state index is 0.0411. The summed E-state index contributed by atoms with van der Waals surface area (Å²) < 4.78 is 1.59. The molecule has 3 rings (SSSR count). The van der Waals surface area contributed by atoms with Crippen LogP contribution in [-0.4, -0.2) is 32.8 Å². The number of carboxylic acids is 1. The lowest BCUT2D eigenvalue weighted by Crippen LogP contribution is -2.42. The van der Waals surface area contributed by atoms with Crippen LogP contribution in [0.3, 0.4) is 0 Å². The lowest BCUT2D eigenvalue weighted by atomic mass is 9.85. The first kappa shape index (κ1) is 20.1. The Morgan fingerprint density at radius 1 is 1.29 bits per heavy atom. The van der Waals surface area contributed by atoms with Crippen LogP contribution in [0.15, 0.2) is 36.6 Å². The summed E-state index contributed by atoms with van der Waals surface area (Å²) in [6.45, 7) is 7.81. The van der Waals surface area contributed by atoms with Gasteiger partial charge in [0.15, 0.2) is 5.82 Å². The molecule has 1 saturated carbocycles. The standard InChI is InChI=1S/C22H29N3O3/c1-15(2)25(21(26)17-12-10-16(3)11-13-17)20-19(22(27)28)14-24(23-20)18-8-6-4-5-7-9-18/h6,8-9,14-15,17H,3-5,7,10-13H2,1-2H3,(H,27,28). The molecule has 0 atom stereocenters. The Hall–Kier alpha value is -2.63. The molecule has 0 bridgehead atoms. The summed E-state index contributed by atoms with van der Waals surface area (Å²) in [5.74, 6) is -0.998. The van der Waals surface area contributed by atoms with Gasteiger partial charge in [0.2, 0.25) is 5.91 Å². The molecule has 1 aromatic rings. The summed E-state index contributed by atoms with van der Waals surface area (Å²) in [5, 5.41) is 14.3. The maximum Gasteiger partial charge on any atom is 0.341 e. The van der Waals surface area contributed by atoms with Gasteiger partial charge in [-0.05, 0) is 64.9 Å². The van der Waals surface area contributed by atoms with Crippen molar-refractivity contribution in [2.24, 2.45) is 5.92 Å². The van der Waals surface area contributed by atoms with Gasteiger partial charge in [-0.25, -0.2) is 9.48 Å². The number of allylic oxidation sites excluding steroid dienone is 5. The Morgan fingerprint density at radius 3 is 2.64 bits per heavy atom. The van der Waals surface area contributed by atoms with Crippen molar-refractivity contribution in [2.45, 2.75) is 64.8 Å². The second-order valence-electron chi connectivity index (χ2n) is 7.90. The topological polar surface area (TPSA) is 75.4 Å². The third-order valence-corrected chi connectivity index (χ3v) is 5.43. The maximum absolute atomic E-state index is 13.3. The predicted molar refractivity (Wildman–Crippen MR) is 110 cm³/mol. The zero-order chi connectivity index (χ0) is 20.3. The summed E-state index contributed by atoms with van der Waals surface area (Å²) in [4.78, 5) is 26.8. The Balaban J connectivity index is 1.97. The van der Waals surface area contributed by atoms with E-state index in [4.69, 9.17) is 0 Å². The predicted octanol–water partition coefficient (Wildman–Crippen LogP) is 4.65. The molecule has 1 amide bonds. The fraction of sp³-hybridized carbons (Fsp3) is 0.500. The second kappa shape index (κ2) is 8.59. The molecular weight excluding hydrogens is 354 g/mol. The lowest BCUT2D eigenvalue weighted by molar-refractivity contribution is -0.123. The van der Waals surface area contributed by atoms with Crippen molar-refractivity contribution in [1.82, 2.24) is 9.78 Å². The normalized spacial score (nSPS) is 18.1. The summed E-state index contributed by atoms with van der Waals surface area (Å²) in [5.41, 5.74) is 2.08. The minimum Gasteiger partial charge on any atom is -0.477 e. The van der Waals surface area contributed by atoms with Crippen molar-refractivity contribution in [3.63, 3.8) is 0 Å². The highest BCUT2D eigenvalue weighted by atomic mass is 16.4. The number of nitrogens with zero attached hydrogens (tertiary/aromatic N) is 3. The van der Waals surface area contributed by atoms with E-state index in [0.29, 0.717) is 0 Å². The van der Waals surface area contributed by atoms with Gasteiger partial charge in [-0.2, -0.15) is 0 Å². The zero-order valence-corrected chi connectivity index (χ0v) is 16.7. The summed E-state index contributed by atoms with van der Waals surface area (Å²) in [7, 11) is 0. The van der Waals surface area contributed by atoms with Crippen LogP contribution in [0.1, 0.15) is 69.2 Å². The van der Waals surface area contributed by atoms with Gasteiger partial charge in [0, 0.05) is 18.2 Å². The van der Waals surface area contributed by atoms with E-state index in [1.54, 1.807) is 9.58 Å². The molecule has 0 spiro atoms. The van der Waals surface area contributed by atoms with E-state index in [-0.39, 0.29) is 29.2 Å². The quantitative estimate of drug-likeness (QED) is 0.751. The largest absolute Gasteiger partial charge is 0.477 e. The summed E-state index contributed by atoms with van der Waals surface area (Å²) in [6, 6.07) is -0.183. The first-order valence-corrected chi connectivity index (χ1v) is 10.1. The van der Waals surface area contributed by atoms with Crippen LogP contribution < -0.4 is 4.90 Å². The van der Waals surface area contributed by atoms with E-state index in [1.807, 2.05) is 19.9 Å². The first-order chi connectivity index (χ1) is 13.4. The number of anilines is 1. The lowest BCUT2D eigenvalue weighted by Gasteiger charge is -2.31. The number of hydrogen-bond donors (Lipinski definition) is 1. The third kappa shape index (κ3) is 4.26. The van der Waals surface area contributed by atoms with Crippen LogP contribution in [0.2, 0.25) is 0 Å². The van der Waals surface area contributed by atoms with Gasteiger partial charge >= 0.3 is 5.97 Å². The molecule has 0 aliphatic heterocycles. The molecule has 6 heteroatoms. The van der Waals surface area contributed by atoms with Crippen LogP contribution in [0.5, 0.6) is 0 Å². The third-order valence-electron chi connectivity index (χ3n) is 5.43. The van der Waals surface area contributed by atoms with Crippen molar-refractivity contribution >= 4 is 23.4 Å². The Bertz CT molecular complexity index is 822. The molecule has 1 aromatic heterocycles. The summed E-state index contributed by atoms with van der Waals surface area (Å²) >= 11 is 0. The van der Waals surface area contributed by atoms with Crippen LogP contribution in [0, 0.1) is 5.92 Å². The number of carbonyl (C=O) groups is 2. The van der Waals surface area contributed by atoms with E-state index in [9.17, 15) is 14.7 Å². The number of carboxylic acid groups (broad SMARTS) is 1. The van der Waals surface area contributed by atoms with Gasteiger partial charge in [0.1, 0.15) is 5.56 Å². The molecule has 0 saturated heterocycles. The second-order valence-corrected chi connectivity index (χ2v) is 7.90. The van der Waals surface area contributed by atoms with Crippen molar-refractivity contribution in [1.29, 1.82) is 0 Å². The van der Waals surface area contributed by atoms with Crippen molar-refractivity contribution in [2.75, 3.05) is 4.90 Å². The number of aromatic carboxylic acids is 1. The van der Waals surface area contributed by atoms with E-state index >= 15 is 0 Å². The van der Waals surface area contributed by atoms with Crippen LogP contribution in [0.4, 0.5) is 5.82 Å². The number of rotatable bonds is 5. The Kier molecular flexibility index (Phi) is 6.17. The monoisotopic (exact) mass is 383 g/mol. The minimum atomic E-state index is -1.07. The van der Waals surface area contributed by atoms with Gasteiger partial charge in [0.05, 0.1) is 5.70 Å². The van der Waals surface area contributed by atoms with Gasteiger partial charge in [0.25, 0.3) is 0 Å². The van der Waals surface area contributed by atoms with Crippen LogP contribution >= 0.6 is 0 Å². The fourth-order valence-electron chi connectivity index (χ4n) is 3.83. The highest BCUT2D eigenvalue weighted by Gasteiger charge is 2.33. The SMILES string of the molecule is C=C1CCC(C(=O)N(c2nn(C3=CCCCC=C3)cc2C(=O)O)C(C)C)CC1.